The Morgan fingerprint density at radius 1 is 0.460 bits per heavy atom. The lowest BCUT2D eigenvalue weighted by atomic mass is 9.99. The summed E-state index contributed by atoms with van der Waals surface area (Å²) in [5.74, 6) is -1.24. The molecule has 0 radical (unpaired) electrons. The van der Waals surface area contributed by atoms with Crippen LogP contribution in [0.15, 0.2) is 134 Å². The van der Waals surface area contributed by atoms with Gasteiger partial charge in [-0.15, -0.1) is 0 Å². The highest BCUT2D eigenvalue weighted by Gasteiger charge is 2.47. The predicted octanol–water partition coefficient (Wildman–Crippen LogP) is 18.0. The Balaban J connectivity index is 2.63. The Morgan fingerprint density at radius 3 is 1.26 bits per heavy atom. The smallest absolute Gasteiger partial charge is 0.306 e. The van der Waals surface area contributed by atoms with Crippen LogP contribution >= 0.6 is 0 Å². The fraction of sp³-hybridized carbons (Fsp3) is 0.684. The average molecular weight is 1210 g/mol. The molecule has 1 aliphatic rings. The molecule has 11 nitrogen and oxygen atoms in total. The van der Waals surface area contributed by atoms with Crippen LogP contribution in [-0.2, 0) is 23.8 Å². The van der Waals surface area contributed by atoms with Crippen LogP contribution in [-0.4, -0.2) is 99.6 Å². The molecule has 0 bridgehead atoms. The normalized spacial score (nSPS) is 19.1. The van der Waals surface area contributed by atoms with E-state index in [1.54, 1.807) is 6.08 Å². The SMILES string of the molecule is CC/C=C\C/C=C\C/C=C\C/C=C\C/C=C\C/C=C\CCCCCCCCCCC(=O)OC1C(OCC(NC(=O)C(O)CCCC/C=C\C/C=C\C/C=C\C/C=C\CCCCC)C(O)/C=C/CCCCCCCCCCCCC)OC(CO)C(O)C1O. The van der Waals surface area contributed by atoms with Crippen LogP contribution in [0.2, 0.25) is 0 Å². The third-order valence-corrected chi connectivity index (χ3v) is 15.5. The van der Waals surface area contributed by atoms with Crippen LogP contribution in [0.5, 0.6) is 0 Å². The van der Waals surface area contributed by atoms with Gasteiger partial charge in [-0.1, -0.05) is 276 Å². The number of ether oxygens (including phenoxy) is 3. The quantitative estimate of drug-likeness (QED) is 0.0195. The highest BCUT2D eigenvalue weighted by atomic mass is 16.7. The van der Waals surface area contributed by atoms with E-state index in [9.17, 15) is 35.1 Å². The summed E-state index contributed by atoms with van der Waals surface area (Å²) in [6.45, 7) is 5.63. The van der Waals surface area contributed by atoms with Crippen LogP contribution < -0.4 is 5.32 Å². The highest BCUT2D eigenvalue weighted by Crippen LogP contribution is 2.26. The third kappa shape index (κ3) is 49.3. The zero-order chi connectivity index (χ0) is 63.1. The van der Waals surface area contributed by atoms with Crippen molar-refractivity contribution in [2.45, 2.75) is 320 Å². The molecule has 87 heavy (non-hydrogen) atoms. The number of allylic oxidation sites excluding steroid dienone is 21. The van der Waals surface area contributed by atoms with Crippen LogP contribution in [0, 0.1) is 0 Å². The molecule has 0 aromatic rings. The first-order chi connectivity index (χ1) is 42.7. The summed E-state index contributed by atoms with van der Waals surface area (Å²) in [6.07, 6.45) is 77.7. The number of hydrogen-bond acceptors (Lipinski definition) is 10. The summed E-state index contributed by atoms with van der Waals surface area (Å²) in [6, 6.07) is -1.05. The standard InChI is InChI=1S/C76H127NO10/c1-4-7-10-13-16-19-22-25-27-29-31-32-33-34-35-36-37-38-39-41-43-46-49-52-55-58-61-64-71(81)87-74-73(83)72(82)70(65-78)86-76(74)85-66-67(68(79)62-59-56-53-50-47-44-24-21-18-15-12-9-6-3)77-75(84)69(80)63-60-57-54-51-48-45-42-40-30-28-26-23-20-17-14-11-8-5-2/h7,10,16-17,19-20,25-28,31-32,34-35,37-38,40,42,48,51,59,62,67-70,72-74,76,78-80,82-83H,4-6,8-9,11-15,18,21-24,29-30,33,36,39,41,43-47,49-50,52-58,60-61,63-66H2,1-3H3,(H,77,84)/b10-7-,19-16-,20-17-,27-25-,28-26-,32-31-,35-34-,38-37-,42-40-,51-48-,62-59+. The molecule has 1 rings (SSSR count). The molecule has 1 saturated heterocycles. The van der Waals surface area contributed by atoms with Gasteiger partial charge >= 0.3 is 5.97 Å². The fourth-order valence-corrected chi connectivity index (χ4v) is 10.0. The molecule has 0 spiro atoms. The molecule has 496 valence electrons. The second-order valence-electron chi connectivity index (χ2n) is 23.5. The molecule has 1 heterocycles. The van der Waals surface area contributed by atoms with E-state index in [2.05, 4.69) is 148 Å². The lowest BCUT2D eigenvalue weighted by Crippen LogP contribution is -2.61. The van der Waals surface area contributed by atoms with Gasteiger partial charge in [-0.3, -0.25) is 9.59 Å². The van der Waals surface area contributed by atoms with Gasteiger partial charge in [0.2, 0.25) is 5.91 Å². The van der Waals surface area contributed by atoms with Crippen LogP contribution in [0.25, 0.3) is 0 Å². The zero-order valence-corrected chi connectivity index (χ0v) is 55.1. The second kappa shape index (κ2) is 62.0. The third-order valence-electron chi connectivity index (χ3n) is 15.5. The summed E-state index contributed by atoms with van der Waals surface area (Å²) in [7, 11) is 0. The molecule has 0 aromatic carbocycles. The van der Waals surface area contributed by atoms with E-state index in [0.717, 1.165) is 135 Å². The first kappa shape index (κ1) is 80.8. The number of aliphatic hydroxyl groups is 5. The van der Waals surface area contributed by atoms with E-state index in [1.807, 2.05) is 6.08 Å². The molecule has 0 saturated carbocycles. The molecule has 11 heteroatoms. The Bertz CT molecular complexity index is 1930. The maximum absolute atomic E-state index is 13.5. The number of amides is 1. The number of hydrogen-bond donors (Lipinski definition) is 6. The molecular formula is C76H127NO10. The molecule has 1 aliphatic heterocycles. The largest absolute Gasteiger partial charge is 0.454 e. The van der Waals surface area contributed by atoms with Crippen molar-refractivity contribution in [3.05, 3.63) is 134 Å². The van der Waals surface area contributed by atoms with E-state index in [0.29, 0.717) is 12.8 Å². The van der Waals surface area contributed by atoms with Gasteiger partial charge in [-0.25, -0.2) is 0 Å². The number of esters is 1. The summed E-state index contributed by atoms with van der Waals surface area (Å²) >= 11 is 0. The minimum absolute atomic E-state index is 0.101. The van der Waals surface area contributed by atoms with Crippen molar-refractivity contribution in [2.24, 2.45) is 0 Å². The Morgan fingerprint density at radius 2 is 0.828 bits per heavy atom. The van der Waals surface area contributed by atoms with E-state index in [-0.39, 0.29) is 19.4 Å². The van der Waals surface area contributed by atoms with Gasteiger partial charge in [-0.2, -0.15) is 0 Å². The van der Waals surface area contributed by atoms with Gasteiger partial charge in [0.05, 0.1) is 25.4 Å². The van der Waals surface area contributed by atoms with Crippen molar-refractivity contribution in [1.82, 2.24) is 5.32 Å². The average Bonchev–Trinajstić information content (AvgIpc) is 2.51. The van der Waals surface area contributed by atoms with Crippen LogP contribution in [0.1, 0.15) is 271 Å². The van der Waals surface area contributed by atoms with E-state index in [1.165, 1.54) is 89.9 Å². The number of carbonyl (C=O) groups excluding carboxylic acids is 2. The summed E-state index contributed by atoms with van der Waals surface area (Å²) in [5.41, 5.74) is 0. The maximum atomic E-state index is 13.5. The number of carbonyl (C=O) groups is 2. The molecule has 8 atom stereocenters. The van der Waals surface area contributed by atoms with Gasteiger partial charge in [0.1, 0.15) is 24.4 Å². The first-order valence-corrected chi connectivity index (χ1v) is 35.0. The van der Waals surface area contributed by atoms with Gasteiger partial charge < -0.3 is 45.1 Å². The topological polar surface area (TPSA) is 175 Å². The monoisotopic (exact) mass is 1210 g/mol. The van der Waals surface area contributed by atoms with E-state index < -0.39 is 67.4 Å². The van der Waals surface area contributed by atoms with E-state index >= 15 is 0 Å². The number of aliphatic hydroxyl groups excluding tert-OH is 5. The van der Waals surface area contributed by atoms with Gasteiger partial charge in [0.15, 0.2) is 12.4 Å². The van der Waals surface area contributed by atoms with Crippen molar-refractivity contribution < 1.29 is 49.3 Å². The molecule has 0 aliphatic carbocycles. The van der Waals surface area contributed by atoms with Crippen LogP contribution in [0.3, 0.4) is 0 Å². The lowest BCUT2D eigenvalue weighted by Gasteiger charge is -2.41. The number of rotatable bonds is 58. The predicted molar refractivity (Wildman–Crippen MR) is 365 cm³/mol. The number of unbranched alkanes of at least 4 members (excludes halogenated alkanes) is 24. The Labute approximate surface area is 531 Å². The minimum atomic E-state index is -1.63. The van der Waals surface area contributed by atoms with Crippen molar-refractivity contribution in [2.75, 3.05) is 13.2 Å². The number of nitrogens with one attached hydrogen (secondary N) is 1. The highest BCUT2D eigenvalue weighted by molar-refractivity contribution is 5.80. The molecule has 0 aromatic heterocycles. The Hall–Kier alpha value is -4.20. The van der Waals surface area contributed by atoms with Gasteiger partial charge in [-0.05, 0) is 122 Å². The van der Waals surface area contributed by atoms with Crippen molar-refractivity contribution in [3.63, 3.8) is 0 Å². The molecule has 1 fully saturated rings. The van der Waals surface area contributed by atoms with Crippen LogP contribution in [0.4, 0.5) is 0 Å². The molecular weight excluding hydrogens is 1090 g/mol. The van der Waals surface area contributed by atoms with Crippen molar-refractivity contribution >= 4 is 11.9 Å². The molecule has 6 N–H and O–H groups in total. The molecule has 8 unspecified atom stereocenters. The molecule has 1 amide bonds. The lowest BCUT2D eigenvalue weighted by molar-refractivity contribution is -0.305. The summed E-state index contributed by atoms with van der Waals surface area (Å²) in [5, 5.41) is 57.2. The first-order valence-electron chi connectivity index (χ1n) is 35.0. The van der Waals surface area contributed by atoms with Crippen molar-refractivity contribution in [3.8, 4) is 0 Å². The maximum Gasteiger partial charge on any atom is 0.306 e. The summed E-state index contributed by atoms with van der Waals surface area (Å²) < 4.78 is 17.7. The van der Waals surface area contributed by atoms with Crippen molar-refractivity contribution in [1.29, 1.82) is 0 Å². The zero-order valence-electron chi connectivity index (χ0n) is 55.1. The van der Waals surface area contributed by atoms with Gasteiger partial charge in [0.25, 0.3) is 0 Å². The van der Waals surface area contributed by atoms with Gasteiger partial charge in [0, 0.05) is 6.42 Å². The summed E-state index contributed by atoms with van der Waals surface area (Å²) in [4.78, 5) is 26.7. The Kier molecular flexibility index (Phi) is 57.6. The second-order valence-corrected chi connectivity index (χ2v) is 23.5. The van der Waals surface area contributed by atoms with E-state index in [4.69, 9.17) is 14.2 Å². The minimum Gasteiger partial charge on any atom is -0.454 e. The fourth-order valence-electron chi connectivity index (χ4n) is 10.0.